The summed E-state index contributed by atoms with van der Waals surface area (Å²) < 4.78 is 0. The average Bonchev–Trinajstić information content (AvgIpc) is 3.13. The minimum absolute atomic E-state index is 0.0426. The zero-order valence-corrected chi connectivity index (χ0v) is 10.8. The lowest BCUT2D eigenvalue weighted by molar-refractivity contribution is 0.0796. The van der Waals surface area contributed by atoms with Gasteiger partial charge < -0.3 is 10.4 Å². The molecule has 3 unspecified atom stereocenters. The highest BCUT2D eigenvalue weighted by Crippen LogP contribution is 2.46. The minimum Gasteiger partial charge on any atom is -0.394 e. The second kappa shape index (κ2) is 5.05. The molecule has 94 valence electrons. The van der Waals surface area contributed by atoms with Gasteiger partial charge in [-0.25, -0.2) is 0 Å². The van der Waals surface area contributed by atoms with Crippen LogP contribution in [0.1, 0.15) is 58.8 Å². The molecule has 2 rings (SSSR count). The number of hydrogen-bond acceptors (Lipinski definition) is 2. The van der Waals surface area contributed by atoms with Crippen molar-refractivity contribution in [1.82, 2.24) is 5.32 Å². The Kier molecular flexibility index (Phi) is 3.91. The van der Waals surface area contributed by atoms with Gasteiger partial charge in [-0.05, 0) is 50.9 Å². The van der Waals surface area contributed by atoms with Gasteiger partial charge in [0.25, 0.3) is 0 Å². The van der Waals surface area contributed by atoms with E-state index in [1.165, 1.54) is 32.1 Å². The number of nitrogens with one attached hydrogen (secondary N) is 1. The van der Waals surface area contributed by atoms with Crippen molar-refractivity contribution in [1.29, 1.82) is 0 Å². The highest BCUT2D eigenvalue weighted by atomic mass is 16.3. The van der Waals surface area contributed by atoms with E-state index in [1.807, 2.05) is 0 Å². The van der Waals surface area contributed by atoms with Gasteiger partial charge in [-0.15, -0.1) is 0 Å². The molecule has 2 nitrogen and oxygen atoms in total. The minimum atomic E-state index is 0.0426. The third-order valence-corrected chi connectivity index (χ3v) is 4.64. The van der Waals surface area contributed by atoms with E-state index >= 15 is 0 Å². The van der Waals surface area contributed by atoms with Gasteiger partial charge in [0, 0.05) is 11.6 Å². The van der Waals surface area contributed by atoms with Crippen molar-refractivity contribution < 1.29 is 5.11 Å². The highest BCUT2D eigenvalue weighted by molar-refractivity contribution is 4.98. The predicted octanol–water partition coefficient (Wildman–Crippen LogP) is 2.71. The summed E-state index contributed by atoms with van der Waals surface area (Å²) in [6.45, 7) is 4.77. The molecular formula is C14H27NO. The van der Waals surface area contributed by atoms with Crippen LogP contribution in [0.2, 0.25) is 0 Å². The van der Waals surface area contributed by atoms with Gasteiger partial charge in [-0.1, -0.05) is 19.8 Å². The zero-order valence-electron chi connectivity index (χ0n) is 10.8. The summed E-state index contributed by atoms with van der Waals surface area (Å²) in [5.41, 5.74) is 0.0426. The SMILES string of the molecule is CCC(C)NC1(CO)CCCC(C2CC2)C1. The largest absolute Gasteiger partial charge is 0.394 e. The third-order valence-electron chi connectivity index (χ3n) is 4.64. The molecule has 2 heteroatoms. The van der Waals surface area contributed by atoms with Gasteiger partial charge in [0.15, 0.2) is 0 Å². The summed E-state index contributed by atoms with van der Waals surface area (Å²) in [6, 6.07) is 0.533. The fourth-order valence-electron chi connectivity index (χ4n) is 3.32. The molecule has 0 radical (unpaired) electrons. The van der Waals surface area contributed by atoms with Crippen molar-refractivity contribution >= 4 is 0 Å². The van der Waals surface area contributed by atoms with Crippen LogP contribution in [0.4, 0.5) is 0 Å². The van der Waals surface area contributed by atoms with Crippen molar-refractivity contribution in [2.75, 3.05) is 6.61 Å². The number of rotatable bonds is 5. The monoisotopic (exact) mass is 225 g/mol. The first-order chi connectivity index (χ1) is 7.69. The van der Waals surface area contributed by atoms with Crippen molar-refractivity contribution in [3.63, 3.8) is 0 Å². The van der Waals surface area contributed by atoms with Crippen molar-refractivity contribution in [3.8, 4) is 0 Å². The lowest BCUT2D eigenvalue weighted by atomic mass is 9.74. The van der Waals surface area contributed by atoms with E-state index in [1.54, 1.807) is 0 Å². The first-order valence-corrected chi connectivity index (χ1v) is 7.07. The molecule has 2 fully saturated rings. The molecule has 0 bridgehead atoms. The van der Waals surface area contributed by atoms with Crippen LogP contribution in [0.3, 0.4) is 0 Å². The predicted molar refractivity (Wildman–Crippen MR) is 67.4 cm³/mol. The lowest BCUT2D eigenvalue weighted by Gasteiger charge is -2.42. The molecule has 16 heavy (non-hydrogen) atoms. The van der Waals surface area contributed by atoms with E-state index in [9.17, 15) is 5.11 Å². The average molecular weight is 225 g/mol. The molecule has 0 amide bonds. The van der Waals surface area contributed by atoms with Gasteiger partial charge in [0.1, 0.15) is 0 Å². The first-order valence-electron chi connectivity index (χ1n) is 7.07. The molecule has 0 spiro atoms. The highest BCUT2D eigenvalue weighted by Gasteiger charge is 2.41. The smallest absolute Gasteiger partial charge is 0.0613 e. The third kappa shape index (κ3) is 2.78. The van der Waals surface area contributed by atoms with E-state index in [0.717, 1.165) is 24.7 Å². The fourth-order valence-corrected chi connectivity index (χ4v) is 3.32. The maximum Gasteiger partial charge on any atom is 0.0613 e. The molecule has 0 saturated heterocycles. The van der Waals surface area contributed by atoms with Crippen LogP contribution in [-0.2, 0) is 0 Å². The first kappa shape index (κ1) is 12.4. The Balaban J connectivity index is 1.95. The van der Waals surface area contributed by atoms with Crippen molar-refractivity contribution in [2.24, 2.45) is 11.8 Å². The Morgan fingerprint density at radius 3 is 2.62 bits per heavy atom. The second-order valence-corrected chi connectivity index (χ2v) is 6.09. The molecular weight excluding hydrogens is 198 g/mol. The molecule has 0 aromatic heterocycles. The summed E-state index contributed by atoms with van der Waals surface area (Å²) in [6.07, 6.45) is 9.09. The molecule has 3 atom stereocenters. The Morgan fingerprint density at radius 1 is 1.31 bits per heavy atom. The van der Waals surface area contributed by atoms with Gasteiger partial charge in [0.2, 0.25) is 0 Å². The van der Waals surface area contributed by atoms with Crippen LogP contribution in [0.5, 0.6) is 0 Å². The second-order valence-electron chi connectivity index (χ2n) is 6.09. The summed E-state index contributed by atoms with van der Waals surface area (Å²) in [4.78, 5) is 0. The Bertz CT molecular complexity index is 227. The summed E-state index contributed by atoms with van der Waals surface area (Å²) in [5, 5.41) is 13.4. The van der Waals surface area contributed by atoms with Gasteiger partial charge >= 0.3 is 0 Å². The molecule has 2 N–H and O–H groups in total. The number of aliphatic hydroxyl groups excluding tert-OH is 1. The molecule has 0 aliphatic heterocycles. The lowest BCUT2D eigenvalue weighted by Crippen LogP contribution is -2.55. The fraction of sp³-hybridized carbons (Fsp3) is 1.00. The Morgan fingerprint density at radius 2 is 2.06 bits per heavy atom. The summed E-state index contributed by atoms with van der Waals surface area (Å²) in [5.74, 6) is 1.88. The summed E-state index contributed by atoms with van der Waals surface area (Å²) in [7, 11) is 0. The molecule has 2 saturated carbocycles. The van der Waals surface area contributed by atoms with Crippen LogP contribution in [0.15, 0.2) is 0 Å². The van der Waals surface area contributed by atoms with Crippen LogP contribution in [0.25, 0.3) is 0 Å². The maximum absolute atomic E-state index is 9.74. The van der Waals surface area contributed by atoms with Crippen molar-refractivity contribution in [3.05, 3.63) is 0 Å². The van der Waals surface area contributed by atoms with E-state index in [-0.39, 0.29) is 5.54 Å². The molecule has 0 aromatic rings. The van der Waals surface area contributed by atoms with Crippen LogP contribution < -0.4 is 5.32 Å². The normalized spacial score (nSPS) is 37.3. The maximum atomic E-state index is 9.74. The van der Waals surface area contributed by atoms with E-state index in [0.29, 0.717) is 12.6 Å². The molecule has 2 aliphatic carbocycles. The van der Waals surface area contributed by atoms with Crippen LogP contribution >= 0.6 is 0 Å². The zero-order chi connectivity index (χ0) is 11.6. The van der Waals surface area contributed by atoms with Gasteiger partial charge in [0.05, 0.1) is 6.61 Å². The van der Waals surface area contributed by atoms with Crippen LogP contribution in [-0.4, -0.2) is 23.3 Å². The van der Waals surface area contributed by atoms with Crippen LogP contribution in [0, 0.1) is 11.8 Å². The Labute approximate surface area is 99.8 Å². The molecule has 0 aromatic carbocycles. The quantitative estimate of drug-likeness (QED) is 0.754. The molecule has 2 aliphatic rings. The summed E-state index contributed by atoms with van der Waals surface area (Å²) >= 11 is 0. The topological polar surface area (TPSA) is 32.3 Å². The van der Waals surface area contributed by atoms with Gasteiger partial charge in [-0.2, -0.15) is 0 Å². The van der Waals surface area contributed by atoms with E-state index < -0.39 is 0 Å². The van der Waals surface area contributed by atoms with Crippen molar-refractivity contribution in [2.45, 2.75) is 70.4 Å². The van der Waals surface area contributed by atoms with E-state index in [2.05, 4.69) is 19.2 Å². The number of hydrogen-bond donors (Lipinski definition) is 2. The standard InChI is InChI=1S/C14H27NO/c1-3-11(2)15-14(10-16)8-4-5-13(9-14)12-6-7-12/h11-13,15-16H,3-10H2,1-2H3. The Hall–Kier alpha value is -0.0800. The van der Waals surface area contributed by atoms with Gasteiger partial charge in [-0.3, -0.25) is 0 Å². The number of aliphatic hydroxyl groups is 1. The van der Waals surface area contributed by atoms with E-state index in [4.69, 9.17) is 0 Å². The molecule has 0 heterocycles.